The lowest BCUT2D eigenvalue weighted by atomic mass is 10.0. The van der Waals surface area contributed by atoms with Crippen LogP contribution >= 0.6 is 11.6 Å². The normalized spacial score (nSPS) is 15.5. The lowest BCUT2D eigenvalue weighted by molar-refractivity contribution is 0.173. The SMILES string of the molecule is Cc1cc2c(c(Cl)c1C(O)CN)OCO2. The molecule has 1 aromatic carbocycles. The number of fused-ring (bicyclic) bond motifs is 1. The van der Waals surface area contributed by atoms with Gasteiger partial charge >= 0.3 is 0 Å². The first-order valence-corrected chi connectivity index (χ1v) is 4.99. The van der Waals surface area contributed by atoms with Crippen LogP contribution < -0.4 is 15.2 Å². The van der Waals surface area contributed by atoms with Crippen molar-refractivity contribution in [1.82, 2.24) is 0 Å². The Morgan fingerprint density at radius 3 is 3.00 bits per heavy atom. The van der Waals surface area contributed by atoms with Gasteiger partial charge in [0.25, 0.3) is 0 Å². The minimum atomic E-state index is -0.771. The van der Waals surface area contributed by atoms with Crippen LogP contribution in [0.15, 0.2) is 6.07 Å². The number of aryl methyl sites for hydroxylation is 1. The van der Waals surface area contributed by atoms with Gasteiger partial charge in [0.1, 0.15) is 0 Å². The molecule has 0 aliphatic carbocycles. The Hall–Kier alpha value is -0.970. The third kappa shape index (κ3) is 1.65. The summed E-state index contributed by atoms with van der Waals surface area (Å²) in [6, 6.07) is 1.79. The smallest absolute Gasteiger partial charge is 0.231 e. The highest BCUT2D eigenvalue weighted by Gasteiger charge is 2.24. The number of hydrogen-bond acceptors (Lipinski definition) is 4. The standard InChI is InChI=1S/C10H12ClNO3/c1-5-2-7-10(15-4-14-7)9(11)8(5)6(13)3-12/h2,6,13H,3-4,12H2,1H3. The topological polar surface area (TPSA) is 64.7 Å². The van der Waals surface area contributed by atoms with E-state index in [4.69, 9.17) is 26.8 Å². The number of hydrogen-bond donors (Lipinski definition) is 2. The van der Waals surface area contributed by atoms with Gasteiger partial charge in [0.2, 0.25) is 6.79 Å². The van der Waals surface area contributed by atoms with Crippen LogP contribution in [0.2, 0.25) is 5.02 Å². The predicted octanol–water partition coefficient (Wildman–Crippen LogP) is 1.37. The maximum Gasteiger partial charge on any atom is 0.231 e. The van der Waals surface area contributed by atoms with E-state index in [2.05, 4.69) is 0 Å². The van der Waals surface area contributed by atoms with E-state index in [1.54, 1.807) is 6.07 Å². The van der Waals surface area contributed by atoms with Gasteiger partial charge in [-0.05, 0) is 18.6 Å². The van der Waals surface area contributed by atoms with Crippen molar-refractivity contribution >= 4 is 11.6 Å². The van der Waals surface area contributed by atoms with Crippen LogP contribution in [0.5, 0.6) is 11.5 Å². The third-order valence-electron chi connectivity index (χ3n) is 2.41. The van der Waals surface area contributed by atoms with E-state index in [1.807, 2.05) is 6.92 Å². The summed E-state index contributed by atoms with van der Waals surface area (Å²) in [5.41, 5.74) is 6.87. The Labute approximate surface area is 92.5 Å². The highest BCUT2D eigenvalue weighted by atomic mass is 35.5. The van der Waals surface area contributed by atoms with Crippen LogP contribution in [0, 0.1) is 6.92 Å². The minimum absolute atomic E-state index is 0.125. The van der Waals surface area contributed by atoms with Gasteiger partial charge < -0.3 is 20.3 Å². The van der Waals surface area contributed by atoms with Crippen molar-refractivity contribution in [3.63, 3.8) is 0 Å². The molecule has 82 valence electrons. The molecule has 1 atom stereocenters. The van der Waals surface area contributed by atoms with Gasteiger partial charge in [0.05, 0.1) is 11.1 Å². The molecule has 0 bridgehead atoms. The lowest BCUT2D eigenvalue weighted by Gasteiger charge is -2.14. The van der Waals surface area contributed by atoms with Crippen molar-refractivity contribution in [2.24, 2.45) is 5.73 Å². The number of halogens is 1. The Morgan fingerprint density at radius 2 is 2.33 bits per heavy atom. The minimum Gasteiger partial charge on any atom is -0.454 e. The van der Waals surface area contributed by atoms with Crippen LogP contribution in [-0.2, 0) is 0 Å². The van der Waals surface area contributed by atoms with Crippen molar-refractivity contribution in [3.05, 3.63) is 22.2 Å². The molecule has 4 nitrogen and oxygen atoms in total. The van der Waals surface area contributed by atoms with Crippen LogP contribution in [0.1, 0.15) is 17.2 Å². The average molecular weight is 230 g/mol. The predicted molar refractivity (Wildman–Crippen MR) is 56.3 cm³/mol. The number of aliphatic hydroxyl groups is 1. The summed E-state index contributed by atoms with van der Waals surface area (Å²) in [4.78, 5) is 0. The van der Waals surface area contributed by atoms with Crippen LogP contribution in [0.25, 0.3) is 0 Å². The summed E-state index contributed by atoms with van der Waals surface area (Å²) >= 11 is 6.11. The molecule has 1 aliphatic heterocycles. The number of nitrogens with two attached hydrogens (primary N) is 1. The summed E-state index contributed by atoms with van der Waals surface area (Å²) in [6.07, 6.45) is -0.771. The van der Waals surface area contributed by atoms with Crippen molar-refractivity contribution in [2.45, 2.75) is 13.0 Å². The lowest BCUT2D eigenvalue weighted by Crippen LogP contribution is -2.13. The molecular weight excluding hydrogens is 218 g/mol. The van der Waals surface area contributed by atoms with Gasteiger partial charge in [-0.1, -0.05) is 11.6 Å². The molecule has 1 aromatic rings. The fourth-order valence-electron chi connectivity index (χ4n) is 1.66. The molecule has 0 amide bonds. The molecular formula is C10H12ClNO3. The van der Waals surface area contributed by atoms with Gasteiger partial charge in [-0.2, -0.15) is 0 Å². The van der Waals surface area contributed by atoms with E-state index >= 15 is 0 Å². The summed E-state index contributed by atoms with van der Waals surface area (Å²) in [6.45, 7) is 2.14. The van der Waals surface area contributed by atoms with Crippen molar-refractivity contribution < 1.29 is 14.6 Å². The number of benzene rings is 1. The second-order valence-corrected chi connectivity index (χ2v) is 3.78. The second kappa shape index (κ2) is 3.89. The van der Waals surface area contributed by atoms with E-state index in [-0.39, 0.29) is 13.3 Å². The Morgan fingerprint density at radius 1 is 1.60 bits per heavy atom. The number of aliphatic hydroxyl groups excluding tert-OH is 1. The van der Waals surface area contributed by atoms with E-state index in [9.17, 15) is 5.11 Å². The highest BCUT2D eigenvalue weighted by Crippen LogP contribution is 2.44. The van der Waals surface area contributed by atoms with Gasteiger partial charge in [-0.15, -0.1) is 0 Å². The molecule has 0 aromatic heterocycles. The summed E-state index contributed by atoms with van der Waals surface area (Å²) in [5.74, 6) is 1.11. The molecule has 2 rings (SSSR count). The molecule has 0 saturated heterocycles. The molecule has 0 saturated carbocycles. The Kier molecular flexibility index (Phi) is 2.73. The molecule has 15 heavy (non-hydrogen) atoms. The monoisotopic (exact) mass is 229 g/mol. The van der Waals surface area contributed by atoms with Crippen LogP contribution in [-0.4, -0.2) is 18.4 Å². The maximum atomic E-state index is 9.72. The molecule has 1 aliphatic rings. The van der Waals surface area contributed by atoms with Crippen LogP contribution in [0.3, 0.4) is 0 Å². The first-order chi connectivity index (χ1) is 7.15. The zero-order valence-electron chi connectivity index (χ0n) is 8.29. The molecule has 0 radical (unpaired) electrons. The molecule has 1 unspecified atom stereocenters. The largest absolute Gasteiger partial charge is 0.454 e. The van der Waals surface area contributed by atoms with E-state index in [1.165, 1.54) is 0 Å². The summed E-state index contributed by atoms with van der Waals surface area (Å²) < 4.78 is 10.4. The first-order valence-electron chi connectivity index (χ1n) is 4.62. The highest BCUT2D eigenvalue weighted by molar-refractivity contribution is 6.33. The van der Waals surface area contributed by atoms with Gasteiger partial charge in [-0.25, -0.2) is 0 Å². The third-order valence-corrected chi connectivity index (χ3v) is 2.78. The summed E-state index contributed by atoms with van der Waals surface area (Å²) in [7, 11) is 0. The number of rotatable bonds is 2. The van der Waals surface area contributed by atoms with Crippen molar-refractivity contribution in [1.29, 1.82) is 0 Å². The van der Waals surface area contributed by atoms with Gasteiger partial charge in [0.15, 0.2) is 11.5 Å². The first kappa shape index (κ1) is 10.5. The van der Waals surface area contributed by atoms with Crippen molar-refractivity contribution in [3.8, 4) is 11.5 Å². The number of ether oxygens (including phenoxy) is 2. The van der Waals surface area contributed by atoms with E-state index in [0.29, 0.717) is 22.1 Å². The molecule has 1 heterocycles. The summed E-state index contributed by atoms with van der Waals surface area (Å²) in [5, 5.41) is 10.1. The molecule has 0 fully saturated rings. The zero-order valence-corrected chi connectivity index (χ0v) is 9.04. The molecule has 5 heteroatoms. The molecule has 0 spiro atoms. The molecule has 3 N–H and O–H groups in total. The van der Waals surface area contributed by atoms with E-state index in [0.717, 1.165) is 5.56 Å². The van der Waals surface area contributed by atoms with E-state index < -0.39 is 6.10 Å². The fourth-order valence-corrected chi connectivity index (χ4v) is 2.09. The van der Waals surface area contributed by atoms with Gasteiger partial charge in [0, 0.05) is 12.1 Å². The fraction of sp³-hybridized carbons (Fsp3) is 0.400. The quantitative estimate of drug-likeness (QED) is 0.804. The average Bonchev–Trinajstić information content (AvgIpc) is 2.65. The van der Waals surface area contributed by atoms with Gasteiger partial charge in [-0.3, -0.25) is 0 Å². The zero-order chi connectivity index (χ0) is 11.0. The Bertz CT molecular complexity index is 395. The van der Waals surface area contributed by atoms with Crippen LogP contribution in [0.4, 0.5) is 0 Å². The maximum absolute atomic E-state index is 9.72. The second-order valence-electron chi connectivity index (χ2n) is 3.41. The Balaban J connectivity index is 2.56. The van der Waals surface area contributed by atoms with Crippen molar-refractivity contribution in [2.75, 3.05) is 13.3 Å².